The summed E-state index contributed by atoms with van der Waals surface area (Å²) in [5.74, 6) is 0.272. The lowest BCUT2D eigenvalue weighted by atomic mass is 10.1. The number of aromatic nitrogens is 2. The first-order valence-corrected chi connectivity index (χ1v) is 8.09. The predicted molar refractivity (Wildman–Crippen MR) is 92.8 cm³/mol. The Morgan fingerprint density at radius 3 is 2.64 bits per heavy atom. The molecule has 130 valence electrons. The number of carbonyl (C=O) groups excluding carboxylic acids is 1. The number of aryl methyl sites for hydroxylation is 1. The van der Waals surface area contributed by atoms with Crippen LogP contribution in [0.5, 0.6) is 0 Å². The van der Waals surface area contributed by atoms with Crippen LogP contribution in [0, 0.1) is 6.92 Å². The van der Waals surface area contributed by atoms with E-state index < -0.39 is 6.10 Å². The molecule has 0 aliphatic heterocycles. The Hall–Kier alpha value is -2.86. The maximum atomic E-state index is 13.0. The molecule has 0 bridgehead atoms. The monoisotopic (exact) mass is 339 g/mol. The molecule has 2 aromatic heterocycles. The van der Waals surface area contributed by atoms with E-state index in [1.807, 2.05) is 37.3 Å². The molecular formula is C19H21N3O3. The van der Waals surface area contributed by atoms with Gasteiger partial charge in [-0.3, -0.25) is 9.48 Å². The van der Waals surface area contributed by atoms with Crippen molar-refractivity contribution in [3.05, 3.63) is 77.5 Å². The van der Waals surface area contributed by atoms with Crippen LogP contribution in [0.3, 0.4) is 0 Å². The van der Waals surface area contributed by atoms with Gasteiger partial charge in [-0.1, -0.05) is 30.3 Å². The number of rotatable bonds is 6. The second-order valence-electron chi connectivity index (χ2n) is 5.97. The topological polar surface area (TPSA) is 71.5 Å². The molecule has 0 aliphatic carbocycles. The lowest BCUT2D eigenvalue weighted by Gasteiger charge is -2.25. The Morgan fingerprint density at radius 1 is 1.28 bits per heavy atom. The van der Waals surface area contributed by atoms with Crippen LogP contribution >= 0.6 is 0 Å². The zero-order valence-corrected chi connectivity index (χ0v) is 14.3. The van der Waals surface area contributed by atoms with Crippen molar-refractivity contribution >= 4 is 5.91 Å². The van der Waals surface area contributed by atoms with Crippen LogP contribution in [0.25, 0.3) is 0 Å². The molecule has 0 spiro atoms. The van der Waals surface area contributed by atoms with Gasteiger partial charge in [0, 0.05) is 19.3 Å². The molecule has 6 nitrogen and oxygen atoms in total. The fraction of sp³-hybridized carbons (Fsp3) is 0.263. The van der Waals surface area contributed by atoms with Crippen molar-refractivity contribution in [2.45, 2.75) is 19.6 Å². The Kier molecular flexibility index (Phi) is 5.00. The van der Waals surface area contributed by atoms with Crippen LogP contribution in [0.15, 0.2) is 59.3 Å². The van der Waals surface area contributed by atoms with Crippen LogP contribution in [0.4, 0.5) is 0 Å². The van der Waals surface area contributed by atoms with E-state index in [-0.39, 0.29) is 12.5 Å². The van der Waals surface area contributed by atoms with Gasteiger partial charge in [-0.2, -0.15) is 5.10 Å². The van der Waals surface area contributed by atoms with Gasteiger partial charge in [0.15, 0.2) is 0 Å². The number of benzene rings is 1. The SMILES string of the molecule is Cc1c(C(=O)N(Cc2ccccc2)C[C@@H](O)c2ccco2)cnn1C. The van der Waals surface area contributed by atoms with Gasteiger partial charge in [-0.15, -0.1) is 0 Å². The van der Waals surface area contributed by atoms with Crippen LogP contribution in [0.1, 0.15) is 33.5 Å². The molecule has 1 aromatic carbocycles. The van der Waals surface area contributed by atoms with E-state index in [0.29, 0.717) is 17.9 Å². The smallest absolute Gasteiger partial charge is 0.257 e. The third-order valence-corrected chi connectivity index (χ3v) is 4.23. The summed E-state index contributed by atoms with van der Waals surface area (Å²) in [5.41, 5.74) is 2.31. The number of carbonyl (C=O) groups is 1. The van der Waals surface area contributed by atoms with Gasteiger partial charge in [-0.25, -0.2) is 0 Å². The highest BCUT2D eigenvalue weighted by atomic mass is 16.4. The van der Waals surface area contributed by atoms with Crippen molar-refractivity contribution in [2.75, 3.05) is 6.54 Å². The minimum atomic E-state index is -0.889. The van der Waals surface area contributed by atoms with Crippen molar-refractivity contribution in [1.82, 2.24) is 14.7 Å². The zero-order chi connectivity index (χ0) is 17.8. The van der Waals surface area contributed by atoms with E-state index in [9.17, 15) is 9.90 Å². The standard InChI is InChI=1S/C19H21N3O3/c1-14-16(11-20-21(14)2)19(24)22(12-15-7-4-3-5-8-15)13-17(23)18-9-6-10-25-18/h3-11,17,23H,12-13H2,1-2H3/t17-/m1/s1. The summed E-state index contributed by atoms with van der Waals surface area (Å²) in [6, 6.07) is 13.1. The van der Waals surface area contributed by atoms with Crippen molar-refractivity contribution < 1.29 is 14.3 Å². The molecule has 0 fully saturated rings. The fourth-order valence-electron chi connectivity index (χ4n) is 2.68. The van der Waals surface area contributed by atoms with Gasteiger partial charge in [0.1, 0.15) is 11.9 Å². The summed E-state index contributed by atoms with van der Waals surface area (Å²) in [5, 5.41) is 14.6. The third kappa shape index (κ3) is 3.80. The molecule has 0 saturated carbocycles. The zero-order valence-electron chi connectivity index (χ0n) is 14.3. The number of hydrogen-bond donors (Lipinski definition) is 1. The minimum Gasteiger partial charge on any atom is -0.467 e. The fourth-order valence-corrected chi connectivity index (χ4v) is 2.68. The quantitative estimate of drug-likeness (QED) is 0.749. The van der Waals surface area contributed by atoms with Gasteiger partial charge in [0.2, 0.25) is 0 Å². The summed E-state index contributed by atoms with van der Waals surface area (Å²) >= 11 is 0. The van der Waals surface area contributed by atoms with E-state index >= 15 is 0 Å². The lowest BCUT2D eigenvalue weighted by Crippen LogP contribution is -2.34. The van der Waals surface area contributed by atoms with E-state index in [2.05, 4.69) is 5.10 Å². The Morgan fingerprint density at radius 2 is 2.04 bits per heavy atom. The molecule has 25 heavy (non-hydrogen) atoms. The summed E-state index contributed by atoms with van der Waals surface area (Å²) in [6.45, 7) is 2.38. The molecule has 2 heterocycles. The van der Waals surface area contributed by atoms with E-state index in [4.69, 9.17) is 4.42 Å². The molecule has 1 N–H and O–H groups in total. The maximum absolute atomic E-state index is 13.0. The maximum Gasteiger partial charge on any atom is 0.257 e. The normalized spacial score (nSPS) is 12.1. The average Bonchev–Trinajstić information content (AvgIpc) is 3.26. The number of aliphatic hydroxyl groups excluding tert-OH is 1. The number of furan rings is 1. The van der Waals surface area contributed by atoms with Crippen LogP contribution in [0.2, 0.25) is 0 Å². The number of nitrogens with zero attached hydrogens (tertiary/aromatic N) is 3. The molecule has 0 unspecified atom stereocenters. The highest BCUT2D eigenvalue weighted by molar-refractivity contribution is 5.95. The Labute approximate surface area is 146 Å². The summed E-state index contributed by atoms with van der Waals surface area (Å²) < 4.78 is 6.92. The summed E-state index contributed by atoms with van der Waals surface area (Å²) in [4.78, 5) is 14.6. The van der Waals surface area contributed by atoms with Gasteiger partial charge >= 0.3 is 0 Å². The first-order chi connectivity index (χ1) is 12.1. The lowest BCUT2D eigenvalue weighted by molar-refractivity contribution is 0.0562. The van der Waals surface area contributed by atoms with Gasteiger partial charge in [-0.05, 0) is 24.6 Å². The third-order valence-electron chi connectivity index (χ3n) is 4.23. The second kappa shape index (κ2) is 7.36. The highest BCUT2D eigenvalue weighted by Gasteiger charge is 2.24. The Bertz CT molecular complexity index is 825. The van der Waals surface area contributed by atoms with Gasteiger partial charge < -0.3 is 14.4 Å². The molecule has 0 saturated heterocycles. The van der Waals surface area contributed by atoms with Crippen molar-refractivity contribution in [3.8, 4) is 0 Å². The first kappa shape index (κ1) is 17.0. The van der Waals surface area contributed by atoms with E-state index in [0.717, 1.165) is 11.3 Å². The largest absolute Gasteiger partial charge is 0.467 e. The molecule has 1 atom stereocenters. The predicted octanol–water partition coefficient (Wildman–Crippen LogP) is 2.70. The van der Waals surface area contributed by atoms with Crippen molar-refractivity contribution in [1.29, 1.82) is 0 Å². The molecule has 3 aromatic rings. The van der Waals surface area contributed by atoms with Gasteiger partial charge in [0.25, 0.3) is 5.91 Å². The molecule has 3 rings (SSSR count). The van der Waals surface area contributed by atoms with E-state index in [1.54, 1.807) is 35.0 Å². The molecule has 0 radical (unpaired) electrons. The van der Waals surface area contributed by atoms with E-state index in [1.165, 1.54) is 6.26 Å². The number of amides is 1. The van der Waals surface area contributed by atoms with Crippen molar-refractivity contribution in [2.24, 2.45) is 7.05 Å². The Balaban J connectivity index is 1.85. The first-order valence-electron chi connectivity index (χ1n) is 8.09. The second-order valence-corrected chi connectivity index (χ2v) is 5.97. The van der Waals surface area contributed by atoms with Crippen molar-refractivity contribution in [3.63, 3.8) is 0 Å². The number of hydrogen-bond acceptors (Lipinski definition) is 4. The summed E-state index contributed by atoms with van der Waals surface area (Å²) in [6.07, 6.45) is 2.18. The van der Waals surface area contributed by atoms with Crippen LogP contribution in [-0.4, -0.2) is 32.2 Å². The molecular weight excluding hydrogens is 318 g/mol. The molecule has 6 heteroatoms. The molecule has 0 aliphatic rings. The summed E-state index contributed by atoms with van der Waals surface area (Å²) in [7, 11) is 1.80. The minimum absolute atomic E-state index is 0.134. The molecule has 1 amide bonds. The van der Waals surface area contributed by atoms with Crippen LogP contribution < -0.4 is 0 Å². The van der Waals surface area contributed by atoms with Gasteiger partial charge in [0.05, 0.1) is 24.6 Å². The number of aliphatic hydroxyl groups is 1. The highest BCUT2D eigenvalue weighted by Crippen LogP contribution is 2.19. The average molecular weight is 339 g/mol. The van der Waals surface area contributed by atoms with Crippen LogP contribution in [-0.2, 0) is 13.6 Å².